The maximum absolute atomic E-state index is 13.2. The van der Waals surface area contributed by atoms with Gasteiger partial charge in [-0.25, -0.2) is 4.79 Å². The van der Waals surface area contributed by atoms with E-state index in [0.717, 1.165) is 20.8 Å². The van der Waals surface area contributed by atoms with Gasteiger partial charge in [0.1, 0.15) is 17.9 Å². The van der Waals surface area contributed by atoms with Crippen LogP contribution in [0, 0.1) is 5.41 Å². The first-order valence-electron chi connectivity index (χ1n) is 10.1. The molecule has 0 spiro atoms. The van der Waals surface area contributed by atoms with Crippen molar-refractivity contribution in [3.63, 3.8) is 0 Å². The molecule has 6 heteroatoms. The van der Waals surface area contributed by atoms with Gasteiger partial charge in [-0.2, -0.15) is 0 Å². The van der Waals surface area contributed by atoms with Crippen molar-refractivity contribution in [2.75, 3.05) is 0 Å². The highest BCUT2D eigenvalue weighted by Crippen LogP contribution is 2.34. The molecule has 1 amide bonds. The molecule has 162 valence electrons. The number of ether oxygens (including phenoxy) is 1. The largest absolute Gasteiger partial charge is 0.485 e. The fourth-order valence-electron chi connectivity index (χ4n) is 3.38. The summed E-state index contributed by atoms with van der Waals surface area (Å²) in [6.07, 6.45) is -0.316. The number of hydrogen-bond acceptors (Lipinski definition) is 3. The van der Waals surface area contributed by atoms with Crippen molar-refractivity contribution in [1.82, 2.24) is 5.32 Å². The van der Waals surface area contributed by atoms with Crippen LogP contribution in [0.5, 0.6) is 5.75 Å². The van der Waals surface area contributed by atoms with Gasteiger partial charge in [0.2, 0.25) is 0 Å². The van der Waals surface area contributed by atoms with E-state index in [-0.39, 0.29) is 6.10 Å². The number of carboxylic acid groups (broad SMARTS) is 1. The molecule has 0 aromatic heterocycles. The zero-order valence-corrected chi connectivity index (χ0v) is 19.6. The number of carboxylic acids is 1. The van der Waals surface area contributed by atoms with Crippen LogP contribution in [-0.4, -0.2) is 23.0 Å². The molecule has 3 rings (SSSR count). The summed E-state index contributed by atoms with van der Waals surface area (Å²) < 4.78 is 7.28. The summed E-state index contributed by atoms with van der Waals surface area (Å²) in [5.41, 5.74) is 0.614. The minimum atomic E-state index is -1.08. The Morgan fingerprint density at radius 1 is 1.00 bits per heavy atom. The number of rotatable bonds is 6. The summed E-state index contributed by atoms with van der Waals surface area (Å²) in [5.74, 6) is -1.12. The Balaban J connectivity index is 2.02. The molecule has 0 saturated heterocycles. The molecule has 3 aromatic rings. The van der Waals surface area contributed by atoms with Gasteiger partial charge >= 0.3 is 5.97 Å². The van der Waals surface area contributed by atoms with E-state index in [1.807, 2.05) is 61.5 Å². The second kappa shape index (κ2) is 9.10. The van der Waals surface area contributed by atoms with E-state index in [4.69, 9.17) is 4.74 Å². The lowest BCUT2D eigenvalue weighted by atomic mass is 9.86. The Labute approximate surface area is 190 Å². The van der Waals surface area contributed by atoms with Gasteiger partial charge < -0.3 is 15.2 Å². The predicted molar refractivity (Wildman–Crippen MR) is 125 cm³/mol. The van der Waals surface area contributed by atoms with E-state index in [2.05, 4.69) is 21.2 Å². The second-order valence-corrected chi connectivity index (χ2v) is 9.50. The molecule has 0 aliphatic heterocycles. The quantitative estimate of drug-likeness (QED) is 0.452. The van der Waals surface area contributed by atoms with Gasteiger partial charge in [-0.15, -0.1) is 0 Å². The van der Waals surface area contributed by atoms with Crippen LogP contribution in [0.3, 0.4) is 0 Å². The van der Waals surface area contributed by atoms with Gasteiger partial charge in [0.25, 0.3) is 5.91 Å². The highest BCUT2D eigenvalue weighted by Gasteiger charge is 2.33. The summed E-state index contributed by atoms with van der Waals surface area (Å²) in [6, 6.07) is 17.9. The summed E-state index contributed by atoms with van der Waals surface area (Å²) in [7, 11) is 0. The van der Waals surface area contributed by atoms with Crippen LogP contribution in [0.4, 0.5) is 0 Å². The van der Waals surface area contributed by atoms with E-state index >= 15 is 0 Å². The Kier molecular flexibility index (Phi) is 6.70. The van der Waals surface area contributed by atoms with Crippen LogP contribution in [0.25, 0.3) is 10.8 Å². The van der Waals surface area contributed by atoms with E-state index in [1.165, 1.54) is 0 Å². The molecule has 2 atom stereocenters. The van der Waals surface area contributed by atoms with E-state index in [9.17, 15) is 14.7 Å². The van der Waals surface area contributed by atoms with Crippen LogP contribution in [0.1, 0.15) is 49.7 Å². The molecule has 0 aliphatic carbocycles. The molecule has 3 aromatic carbocycles. The maximum Gasteiger partial charge on any atom is 0.326 e. The summed E-state index contributed by atoms with van der Waals surface area (Å²) in [5, 5.41) is 14.0. The normalized spacial score (nSPS) is 13.5. The van der Waals surface area contributed by atoms with E-state index in [1.54, 1.807) is 26.8 Å². The molecule has 0 fully saturated rings. The first kappa shape index (κ1) is 22.8. The Morgan fingerprint density at radius 3 is 2.26 bits per heavy atom. The summed E-state index contributed by atoms with van der Waals surface area (Å²) in [6.45, 7) is 7.25. The molecular formula is C25H26BrNO4. The predicted octanol–water partition coefficient (Wildman–Crippen LogP) is 5.97. The van der Waals surface area contributed by atoms with E-state index in [0.29, 0.717) is 11.3 Å². The average Bonchev–Trinajstić information content (AvgIpc) is 2.71. The van der Waals surface area contributed by atoms with Crippen LogP contribution in [-0.2, 0) is 4.79 Å². The van der Waals surface area contributed by atoms with Gasteiger partial charge in [0, 0.05) is 9.86 Å². The van der Waals surface area contributed by atoms with Crippen molar-refractivity contribution >= 4 is 38.6 Å². The zero-order chi connectivity index (χ0) is 22.8. The molecule has 0 aliphatic rings. The third kappa shape index (κ3) is 5.25. The molecule has 5 nitrogen and oxygen atoms in total. The van der Waals surface area contributed by atoms with Gasteiger partial charge in [-0.1, -0.05) is 79.2 Å². The second-order valence-electron chi connectivity index (χ2n) is 8.59. The number of halogens is 1. The van der Waals surface area contributed by atoms with Gasteiger partial charge in [-0.05, 0) is 41.5 Å². The Morgan fingerprint density at radius 2 is 1.65 bits per heavy atom. The number of carbonyl (C=O) groups is 2. The van der Waals surface area contributed by atoms with Crippen molar-refractivity contribution in [3.8, 4) is 5.75 Å². The topological polar surface area (TPSA) is 75.6 Å². The summed E-state index contributed by atoms with van der Waals surface area (Å²) in [4.78, 5) is 24.9. The van der Waals surface area contributed by atoms with E-state index < -0.39 is 23.3 Å². The van der Waals surface area contributed by atoms with Crippen LogP contribution in [0.2, 0.25) is 0 Å². The smallest absolute Gasteiger partial charge is 0.326 e. The SMILES string of the molecule is CC(Oc1c(C(=O)NC(C(=O)O)C(C)(C)C)ccc2ccccc12)c1ccc(Br)cc1. The number of aliphatic carboxylic acids is 1. The number of amides is 1. The Hall–Kier alpha value is -2.86. The van der Waals surface area contributed by atoms with Crippen LogP contribution < -0.4 is 10.1 Å². The molecule has 0 bridgehead atoms. The first-order chi connectivity index (χ1) is 14.6. The Bertz CT molecular complexity index is 1100. The highest BCUT2D eigenvalue weighted by atomic mass is 79.9. The molecule has 2 N–H and O–H groups in total. The highest BCUT2D eigenvalue weighted by molar-refractivity contribution is 9.10. The standard InChI is InChI=1S/C25H26BrNO4/c1-15(16-9-12-18(26)13-10-16)31-21-19-8-6-5-7-17(19)11-14-20(21)23(28)27-22(24(29)30)25(2,3)4/h5-15,22H,1-4H3,(H,27,28)(H,29,30). The van der Waals surface area contributed by atoms with Crippen molar-refractivity contribution in [2.24, 2.45) is 5.41 Å². The van der Waals surface area contributed by atoms with Crippen molar-refractivity contribution in [1.29, 1.82) is 0 Å². The minimum Gasteiger partial charge on any atom is -0.485 e. The number of benzene rings is 3. The van der Waals surface area contributed by atoms with Crippen molar-refractivity contribution in [2.45, 2.75) is 39.8 Å². The average molecular weight is 484 g/mol. The monoisotopic (exact) mass is 483 g/mol. The summed E-state index contributed by atoms with van der Waals surface area (Å²) >= 11 is 3.43. The third-order valence-corrected chi connectivity index (χ3v) is 5.68. The lowest BCUT2D eigenvalue weighted by molar-refractivity contribution is -0.142. The lowest BCUT2D eigenvalue weighted by Gasteiger charge is -2.28. The zero-order valence-electron chi connectivity index (χ0n) is 18.0. The molecule has 31 heavy (non-hydrogen) atoms. The third-order valence-electron chi connectivity index (χ3n) is 5.15. The molecular weight excluding hydrogens is 458 g/mol. The number of nitrogens with one attached hydrogen (secondary N) is 1. The number of carbonyl (C=O) groups excluding carboxylic acids is 1. The number of hydrogen-bond donors (Lipinski definition) is 2. The molecule has 2 unspecified atom stereocenters. The van der Waals surface area contributed by atoms with Crippen molar-refractivity contribution < 1.29 is 19.4 Å². The minimum absolute atomic E-state index is 0.304. The molecule has 0 heterocycles. The fraction of sp³-hybridized carbons (Fsp3) is 0.280. The van der Waals surface area contributed by atoms with Crippen LogP contribution >= 0.6 is 15.9 Å². The lowest BCUT2D eigenvalue weighted by Crippen LogP contribution is -2.49. The fourth-order valence-corrected chi connectivity index (χ4v) is 3.65. The number of fused-ring (bicyclic) bond motifs is 1. The molecule has 0 radical (unpaired) electrons. The maximum atomic E-state index is 13.2. The van der Waals surface area contributed by atoms with Crippen LogP contribution in [0.15, 0.2) is 65.1 Å². The van der Waals surface area contributed by atoms with Gasteiger partial charge in [-0.3, -0.25) is 4.79 Å². The van der Waals surface area contributed by atoms with Crippen molar-refractivity contribution in [3.05, 3.63) is 76.3 Å². The first-order valence-corrected chi connectivity index (χ1v) is 10.8. The van der Waals surface area contributed by atoms with Gasteiger partial charge in [0.15, 0.2) is 0 Å². The van der Waals surface area contributed by atoms with Gasteiger partial charge in [0.05, 0.1) is 5.56 Å². The molecule has 0 saturated carbocycles.